The van der Waals surface area contributed by atoms with E-state index in [2.05, 4.69) is 35.0 Å². The first kappa shape index (κ1) is 12.6. The van der Waals surface area contributed by atoms with Gasteiger partial charge >= 0.3 is 0 Å². The Labute approximate surface area is 130 Å². The fraction of sp³-hybridized carbons (Fsp3) is 0. The Bertz CT molecular complexity index is 704. The molecule has 4 rings (SSSR count). The number of thiophene rings is 2. The Morgan fingerprint density at radius 3 is 1.95 bits per heavy atom. The third kappa shape index (κ3) is 2.44. The van der Waals surface area contributed by atoms with Gasteiger partial charge < -0.3 is 4.42 Å². The Balaban J connectivity index is 1.92. The average molecular weight is 309 g/mol. The number of nitrogens with zero attached hydrogens (tertiary/aromatic N) is 1. The molecule has 4 aromatic heterocycles. The lowest BCUT2D eigenvalue weighted by atomic mass is 10.1. The third-order valence-electron chi connectivity index (χ3n) is 3.18. The number of hydrogen-bond donors (Lipinski definition) is 0. The van der Waals surface area contributed by atoms with E-state index in [0.717, 1.165) is 22.7 Å². The maximum Gasteiger partial charge on any atom is 0.134 e. The van der Waals surface area contributed by atoms with Crippen LogP contribution < -0.4 is 0 Å². The molecule has 0 aliphatic heterocycles. The number of hydrogen-bond acceptors (Lipinski definition) is 4. The van der Waals surface area contributed by atoms with E-state index in [-0.39, 0.29) is 0 Å². The maximum absolute atomic E-state index is 5.54. The second-order valence-corrected chi connectivity index (χ2v) is 6.45. The summed E-state index contributed by atoms with van der Waals surface area (Å²) in [5, 5.41) is 4.14. The lowest BCUT2D eigenvalue weighted by Gasteiger charge is -2.05. The molecular formula is C17H11NOS2. The van der Waals surface area contributed by atoms with Crippen molar-refractivity contribution in [2.24, 2.45) is 0 Å². The van der Waals surface area contributed by atoms with E-state index in [4.69, 9.17) is 9.40 Å². The van der Waals surface area contributed by atoms with Crippen LogP contribution in [0.3, 0.4) is 0 Å². The van der Waals surface area contributed by atoms with Crippen molar-refractivity contribution in [1.82, 2.24) is 4.98 Å². The molecule has 0 radical (unpaired) electrons. The summed E-state index contributed by atoms with van der Waals surface area (Å²) < 4.78 is 5.54. The van der Waals surface area contributed by atoms with Gasteiger partial charge in [-0.1, -0.05) is 12.1 Å². The lowest BCUT2D eigenvalue weighted by Crippen LogP contribution is -1.87. The van der Waals surface area contributed by atoms with Crippen molar-refractivity contribution in [3.8, 4) is 32.5 Å². The molecule has 0 aromatic carbocycles. The quantitative estimate of drug-likeness (QED) is 0.478. The zero-order valence-corrected chi connectivity index (χ0v) is 12.7. The second kappa shape index (κ2) is 5.31. The highest BCUT2D eigenvalue weighted by atomic mass is 32.1. The van der Waals surface area contributed by atoms with Crippen LogP contribution in [0, 0.1) is 0 Å². The van der Waals surface area contributed by atoms with E-state index in [1.807, 2.05) is 24.3 Å². The van der Waals surface area contributed by atoms with Crippen molar-refractivity contribution in [2.75, 3.05) is 0 Å². The van der Waals surface area contributed by atoms with Gasteiger partial charge in [-0.15, -0.1) is 22.7 Å². The van der Waals surface area contributed by atoms with Gasteiger partial charge in [-0.25, -0.2) is 4.98 Å². The SMILES string of the molecule is c1coc(-c2cc(-c3cccs3)nc(-c3cccs3)c2)c1. The minimum absolute atomic E-state index is 0.869. The Kier molecular flexibility index (Phi) is 3.18. The van der Waals surface area contributed by atoms with Gasteiger partial charge in [0.15, 0.2) is 0 Å². The summed E-state index contributed by atoms with van der Waals surface area (Å²) in [6, 6.07) is 16.3. The predicted molar refractivity (Wildman–Crippen MR) is 88.6 cm³/mol. The fourth-order valence-corrected chi connectivity index (χ4v) is 3.59. The molecule has 0 saturated carbocycles. The van der Waals surface area contributed by atoms with Crippen LogP contribution in [0.25, 0.3) is 32.5 Å². The Morgan fingerprint density at radius 2 is 1.48 bits per heavy atom. The van der Waals surface area contributed by atoms with Crippen LogP contribution >= 0.6 is 22.7 Å². The predicted octanol–water partition coefficient (Wildman–Crippen LogP) is 5.80. The van der Waals surface area contributed by atoms with Crippen molar-refractivity contribution in [3.63, 3.8) is 0 Å². The van der Waals surface area contributed by atoms with Gasteiger partial charge in [-0.3, -0.25) is 0 Å². The zero-order valence-electron chi connectivity index (χ0n) is 11.0. The molecule has 0 fully saturated rings. The summed E-state index contributed by atoms with van der Waals surface area (Å²) in [5.41, 5.74) is 3.03. The molecule has 0 unspecified atom stereocenters. The fourth-order valence-electron chi connectivity index (χ4n) is 2.22. The third-order valence-corrected chi connectivity index (χ3v) is 4.96. The van der Waals surface area contributed by atoms with Crippen LogP contribution in [0.2, 0.25) is 0 Å². The van der Waals surface area contributed by atoms with Crippen LogP contribution in [0.4, 0.5) is 0 Å². The van der Waals surface area contributed by atoms with Crippen molar-refractivity contribution < 1.29 is 4.42 Å². The van der Waals surface area contributed by atoms with Gasteiger partial charge in [0.05, 0.1) is 27.4 Å². The first-order valence-corrected chi connectivity index (χ1v) is 8.30. The molecule has 0 amide bonds. The van der Waals surface area contributed by atoms with E-state index in [1.54, 1.807) is 28.9 Å². The maximum atomic E-state index is 5.54. The highest BCUT2D eigenvalue weighted by Gasteiger charge is 2.11. The van der Waals surface area contributed by atoms with Crippen LogP contribution in [0.5, 0.6) is 0 Å². The molecule has 21 heavy (non-hydrogen) atoms. The number of pyridine rings is 1. The topological polar surface area (TPSA) is 26.0 Å². The first-order chi connectivity index (χ1) is 10.4. The molecule has 4 heterocycles. The Morgan fingerprint density at radius 1 is 0.810 bits per heavy atom. The van der Waals surface area contributed by atoms with Gasteiger partial charge in [-0.05, 0) is 47.2 Å². The summed E-state index contributed by atoms with van der Waals surface area (Å²) in [5.74, 6) is 0.869. The first-order valence-electron chi connectivity index (χ1n) is 6.54. The van der Waals surface area contributed by atoms with Crippen molar-refractivity contribution in [3.05, 3.63) is 65.6 Å². The van der Waals surface area contributed by atoms with E-state index in [9.17, 15) is 0 Å². The van der Waals surface area contributed by atoms with Gasteiger partial charge in [-0.2, -0.15) is 0 Å². The standard InChI is InChI=1S/C17H11NOS2/c1-4-15(19-7-1)12-10-13(16-5-2-8-20-16)18-14(11-12)17-6-3-9-21-17/h1-11H. The molecule has 0 atom stereocenters. The molecule has 0 saturated heterocycles. The number of rotatable bonds is 3. The van der Waals surface area contributed by atoms with Crippen LogP contribution in [0.1, 0.15) is 0 Å². The van der Waals surface area contributed by atoms with E-state index in [0.29, 0.717) is 0 Å². The van der Waals surface area contributed by atoms with E-state index < -0.39 is 0 Å². The largest absolute Gasteiger partial charge is 0.464 e. The van der Waals surface area contributed by atoms with E-state index >= 15 is 0 Å². The summed E-state index contributed by atoms with van der Waals surface area (Å²) in [7, 11) is 0. The second-order valence-electron chi connectivity index (χ2n) is 4.56. The molecule has 0 bridgehead atoms. The number of furan rings is 1. The highest BCUT2D eigenvalue weighted by molar-refractivity contribution is 7.13. The van der Waals surface area contributed by atoms with Gasteiger partial charge in [0, 0.05) is 5.56 Å². The normalized spacial score (nSPS) is 10.9. The summed E-state index contributed by atoms with van der Waals surface area (Å²) in [4.78, 5) is 7.14. The Hall–Kier alpha value is -2.17. The molecule has 2 nitrogen and oxygen atoms in total. The minimum Gasteiger partial charge on any atom is -0.464 e. The van der Waals surface area contributed by atoms with Gasteiger partial charge in [0.2, 0.25) is 0 Å². The molecule has 0 spiro atoms. The molecule has 4 aromatic rings. The summed E-state index contributed by atoms with van der Waals surface area (Å²) >= 11 is 3.40. The smallest absolute Gasteiger partial charge is 0.134 e. The molecule has 4 heteroatoms. The highest BCUT2D eigenvalue weighted by Crippen LogP contribution is 2.33. The van der Waals surface area contributed by atoms with Gasteiger partial charge in [0.25, 0.3) is 0 Å². The summed E-state index contributed by atoms with van der Waals surface area (Å²) in [6.07, 6.45) is 1.70. The monoisotopic (exact) mass is 309 g/mol. The minimum atomic E-state index is 0.869. The zero-order chi connectivity index (χ0) is 14.1. The number of aromatic nitrogens is 1. The van der Waals surface area contributed by atoms with Crippen LogP contribution in [0.15, 0.2) is 70.0 Å². The average Bonchev–Trinajstić information content (AvgIpc) is 3.29. The molecule has 102 valence electrons. The van der Waals surface area contributed by atoms with Crippen LogP contribution in [-0.2, 0) is 0 Å². The lowest BCUT2D eigenvalue weighted by molar-refractivity contribution is 0.582. The van der Waals surface area contributed by atoms with E-state index in [1.165, 1.54) is 9.75 Å². The molecule has 0 aliphatic rings. The van der Waals surface area contributed by atoms with Crippen LogP contribution in [-0.4, -0.2) is 4.98 Å². The van der Waals surface area contributed by atoms with Crippen molar-refractivity contribution in [2.45, 2.75) is 0 Å². The molecular weight excluding hydrogens is 298 g/mol. The van der Waals surface area contributed by atoms with Crippen molar-refractivity contribution >= 4 is 22.7 Å². The molecule has 0 N–H and O–H groups in total. The molecule has 0 aliphatic carbocycles. The van der Waals surface area contributed by atoms with Gasteiger partial charge in [0.1, 0.15) is 5.76 Å². The summed E-state index contributed by atoms with van der Waals surface area (Å²) in [6.45, 7) is 0. The van der Waals surface area contributed by atoms with Crippen molar-refractivity contribution in [1.29, 1.82) is 0 Å².